The van der Waals surface area contributed by atoms with Gasteiger partial charge in [0.2, 0.25) is 5.88 Å². The topological polar surface area (TPSA) is 160 Å². The van der Waals surface area contributed by atoms with Crippen molar-refractivity contribution >= 4 is 16.9 Å². The van der Waals surface area contributed by atoms with Crippen LogP contribution in [0.1, 0.15) is 32.0 Å². The van der Waals surface area contributed by atoms with Crippen LogP contribution in [0.2, 0.25) is 0 Å². The van der Waals surface area contributed by atoms with Crippen molar-refractivity contribution in [1.82, 2.24) is 24.8 Å². The molecule has 0 bridgehead atoms. The zero-order valence-electron chi connectivity index (χ0n) is 20.6. The lowest BCUT2D eigenvalue weighted by Gasteiger charge is -2.14. The highest BCUT2D eigenvalue weighted by Crippen LogP contribution is 2.30. The van der Waals surface area contributed by atoms with Gasteiger partial charge in [-0.25, -0.2) is 14.6 Å². The Morgan fingerprint density at radius 2 is 2.03 bits per heavy atom. The number of nitrogens with zero attached hydrogens (tertiary/aromatic N) is 5. The summed E-state index contributed by atoms with van der Waals surface area (Å²) >= 11 is 0. The molecule has 0 saturated heterocycles. The third-order valence-electron chi connectivity index (χ3n) is 5.32. The van der Waals surface area contributed by atoms with Crippen LogP contribution < -0.4 is 20.9 Å². The van der Waals surface area contributed by atoms with Gasteiger partial charge in [0.15, 0.2) is 17.3 Å². The second-order valence-electron chi connectivity index (χ2n) is 8.79. The van der Waals surface area contributed by atoms with Crippen molar-refractivity contribution in [2.45, 2.75) is 45.4 Å². The molecule has 11 heteroatoms. The minimum Gasteiger partial charge on any atom is -0.497 e. The fourth-order valence-electron chi connectivity index (χ4n) is 3.68. The number of imidazole rings is 1. The average Bonchev–Trinajstić information content (AvgIpc) is 3.43. The normalized spacial score (nSPS) is 12.3. The molecule has 1 atom stereocenters. The zero-order valence-corrected chi connectivity index (χ0v) is 20.6. The van der Waals surface area contributed by atoms with Gasteiger partial charge < -0.3 is 30.6 Å². The third kappa shape index (κ3) is 5.56. The van der Waals surface area contributed by atoms with Gasteiger partial charge in [-0.15, -0.1) is 0 Å². The highest BCUT2D eigenvalue weighted by molar-refractivity contribution is 5.86. The van der Waals surface area contributed by atoms with E-state index < -0.39 is 5.60 Å². The number of pyridine rings is 1. The Bertz CT molecular complexity index is 1430. The molecule has 0 saturated carbocycles. The number of hydrogen-bond donors (Lipinski definition) is 3. The van der Waals surface area contributed by atoms with E-state index in [2.05, 4.69) is 32.1 Å². The summed E-state index contributed by atoms with van der Waals surface area (Å²) in [7, 11) is 1.63. The Morgan fingerprint density at radius 3 is 2.69 bits per heavy atom. The van der Waals surface area contributed by atoms with Crippen LogP contribution in [0.3, 0.4) is 0 Å². The molecule has 0 amide bonds. The standard InChI is InChI=1S/C25H29N7O4/c1-5-32-19-13-20(35-14-16(26)11-15-7-6-8-17(12-15)34-4)28-18(9-10-25(2,3)33)21(19)29-24(32)22-23(27)31-36-30-22/h6-8,12-13,16,33H,5,11,14,26H2,1-4H3,(H2,27,31)/t16-/m1/s1. The molecule has 0 radical (unpaired) electrons. The van der Waals surface area contributed by atoms with E-state index in [1.54, 1.807) is 27.0 Å². The molecule has 3 heterocycles. The summed E-state index contributed by atoms with van der Waals surface area (Å²) in [6.07, 6.45) is 0.598. The first-order valence-corrected chi connectivity index (χ1v) is 11.4. The van der Waals surface area contributed by atoms with Crippen molar-refractivity contribution in [3.05, 3.63) is 41.6 Å². The van der Waals surface area contributed by atoms with Crippen LogP contribution in [-0.4, -0.2) is 55.3 Å². The maximum Gasteiger partial charge on any atom is 0.216 e. The predicted molar refractivity (Wildman–Crippen MR) is 134 cm³/mol. The maximum absolute atomic E-state index is 10.1. The summed E-state index contributed by atoms with van der Waals surface area (Å²) in [4.78, 5) is 9.23. The first-order valence-electron chi connectivity index (χ1n) is 11.4. The van der Waals surface area contributed by atoms with Crippen LogP contribution in [0.15, 0.2) is 35.0 Å². The number of aromatic nitrogens is 5. The van der Waals surface area contributed by atoms with Gasteiger partial charge in [-0.2, -0.15) is 0 Å². The second kappa shape index (κ2) is 10.2. The number of aliphatic hydroxyl groups is 1. The molecule has 1 aromatic carbocycles. The molecule has 11 nitrogen and oxygen atoms in total. The number of rotatable bonds is 8. The highest BCUT2D eigenvalue weighted by atomic mass is 16.6. The summed E-state index contributed by atoms with van der Waals surface area (Å²) < 4.78 is 17.9. The average molecular weight is 492 g/mol. The minimum atomic E-state index is -1.22. The van der Waals surface area contributed by atoms with Crippen molar-refractivity contribution in [1.29, 1.82) is 0 Å². The second-order valence-corrected chi connectivity index (χ2v) is 8.79. The Balaban J connectivity index is 1.68. The van der Waals surface area contributed by atoms with E-state index in [0.717, 1.165) is 11.3 Å². The van der Waals surface area contributed by atoms with Gasteiger partial charge in [-0.05, 0) is 61.1 Å². The van der Waals surface area contributed by atoms with E-state index in [9.17, 15) is 5.11 Å². The van der Waals surface area contributed by atoms with E-state index >= 15 is 0 Å². The number of ether oxygens (including phenoxy) is 2. The van der Waals surface area contributed by atoms with Gasteiger partial charge in [0.1, 0.15) is 29.2 Å². The van der Waals surface area contributed by atoms with Crippen molar-refractivity contribution < 1.29 is 19.2 Å². The van der Waals surface area contributed by atoms with Crippen molar-refractivity contribution in [3.8, 4) is 35.0 Å². The van der Waals surface area contributed by atoms with E-state index in [0.29, 0.717) is 47.1 Å². The zero-order chi connectivity index (χ0) is 25.9. The Morgan fingerprint density at radius 1 is 1.22 bits per heavy atom. The molecule has 36 heavy (non-hydrogen) atoms. The van der Waals surface area contributed by atoms with Crippen LogP contribution >= 0.6 is 0 Å². The molecule has 0 aliphatic heterocycles. The van der Waals surface area contributed by atoms with Crippen LogP contribution in [0, 0.1) is 11.8 Å². The molecule has 3 aromatic heterocycles. The molecule has 188 valence electrons. The number of methoxy groups -OCH3 is 1. The van der Waals surface area contributed by atoms with E-state index in [-0.39, 0.29) is 18.5 Å². The molecular formula is C25H29N7O4. The van der Waals surface area contributed by atoms with Crippen molar-refractivity contribution in [3.63, 3.8) is 0 Å². The highest BCUT2D eigenvalue weighted by Gasteiger charge is 2.22. The molecule has 5 N–H and O–H groups in total. The predicted octanol–water partition coefficient (Wildman–Crippen LogP) is 2.16. The van der Waals surface area contributed by atoms with Gasteiger partial charge in [0.25, 0.3) is 0 Å². The molecule has 0 unspecified atom stereocenters. The van der Waals surface area contributed by atoms with E-state index in [1.807, 2.05) is 35.8 Å². The monoisotopic (exact) mass is 491 g/mol. The Kier molecular flexibility index (Phi) is 7.10. The number of nitrogens with two attached hydrogens (primary N) is 2. The number of hydrogen-bond acceptors (Lipinski definition) is 10. The molecule has 4 aromatic rings. The summed E-state index contributed by atoms with van der Waals surface area (Å²) in [6.45, 7) is 5.91. The molecule has 0 spiro atoms. The first-order chi connectivity index (χ1) is 17.2. The lowest BCUT2D eigenvalue weighted by Crippen LogP contribution is -2.30. The van der Waals surface area contributed by atoms with Gasteiger partial charge in [-0.3, -0.25) is 0 Å². The van der Waals surface area contributed by atoms with E-state index in [4.69, 9.17) is 25.6 Å². The SMILES string of the molecule is CCn1c(-c2nonc2N)nc2c(C#CC(C)(C)O)nc(OC[C@H](N)Cc3cccc(OC)c3)cc21. The maximum atomic E-state index is 10.1. The number of nitrogen functional groups attached to an aromatic ring is 1. The van der Waals surface area contributed by atoms with Crippen LogP contribution in [0.4, 0.5) is 5.82 Å². The van der Waals surface area contributed by atoms with E-state index in [1.165, 1.54) is 0 Å². The minimum absolute atomic E-state index is 0.122. The Labute approximate surface area is 208 Å². The molecule has 0 aliphatic rings. The smallest absolute Gasteiger partial charge is 0.216 e. The number of aryl methyl sites for hydroxylation is 1. The van der Waals surface area contributed by atoms with Gasteiger partial charge >= 0.3 is 0 Å². The largest absolute Gasteiger partial charge is 0.497 e. The van der Waals surface area contributed by atoms with Crippen LogP contribution in [0.25, 0.3) is 22.6 Å². The summed E-state index contributed by atoms with van der Waals surface area (Å²) in [5.41, 5.74) is 14.0. The number of fused-ring (bicyclic) bond motifs is 1. The molecule has 4 rings (SSSR count). The van der Waals surface area contributed by atoms with Crippen LogP contribution in [-0.2, 0) is 13.0 Å². The summed E-state index contributed by atoms with van der Waals surface area (Å²) in [5.74, 6) is 7.41. The van der Waals surface area contributed by atoms with Gasteiger partial charge in [0, 0.05) is 18.7 Å². The molecular weight excluding hydrogens is 462 g/mol. The van der Waals surface area contributed by atoms with Gasteiger partial charge in [0.05, 0.1) is 12.6 Å². The summed E-state index contributed by atoms with van der Waals surface area (Å²) in [6, 6.07) is 9.23. The molecule has 0 aliphatic carbocycles. The van der Waals surface area contributed by atoms with Crippen molar-refractivity contribution in [2.24, 2.45) is 5.73 Å². The molecule has 0 fully saturated rings. The fourth-order valence-corrected chi connectivity index (χ4v) is 3.68. The lowest BCUT2D eigenvalue weighted by molar-refractivity contribution is 0.143. The van der Waals surface area contributed by atoms with Crippen LogP contribution in [0.5, 0.6) is 11.6 Å². The van der Waals surface area contributed by atoms with Crippen molar-refractivity contribution in [2.75, 3.05) is 19.5 Å². The lowest BCUT2D eigenvalue weighted by atomic mass is 10.1. The first kappa shape index (κ1) is 25.0. The number of benzene rings is 1. The third-order valence-corrected chi connectivity index (χ3v) is 5.32. The number of anilines is 1. The Hall–Kier alpha value is -4.14. The summed E-state index contributed by atoms with van der Waals surface area (Å²) in [5, 5.41) is 17.7. The quantitative estimate of drug-likeness (QED) is 0.312. The van der Waals surface area contributed by atoms with Gasteiger partial charge in [-0.1, -0.05) is 18.1 Å². The fraction of sp³-hybridized carbons (Fsp3) is 0.360.